The molecule has 15 heteroatoms. The summed E-state index contributed by atoms with van der Waals surface area (Å²) < 4.78 is 31.2. The van der Waals surface area contributed by atoms with Gasteiger partial charge in [0.1, 0.15) is 54.9 Å². The van der Waals surface area contributed by atoms with Crippen LogP contribution in [0.3, 0.4) is 0 Å². The molecule has 0 bridgehead atoms. The minimum absolute atomic E-state index is 0.373. The fraction of sp³-hybridized carbons (Fsp3) is 0.941. The van der Waals surface area contributed by atoms with Crippen LogP contribution in [0.4, 0.5) is 0 Å². The van der Waals surface area contributed by atoms with Crippen molar-refractivity contribution in [3.8, 4) is 0 Å². The SMILES string of the molecule is CO[C@H]1[C@H](O)[C@@H](O)[C@H](O[C@H]2[C@H](O[C@@H]3CO[C@@H](O)[C@H](O)[C@H]3O)OC[C@@H](O)[C@@H]2O)O[C@@H]1C(=O)O. The minimum atomic E-state index is -1.82. The predicted molar refractivity (Wildman–Crippen MR) is 94.6 cm³/mol. The van der Waals surface area contributed by atoms with E-state index in [0.717, 1.165) is 7.11 Å². The Kier molecular flexibility index (Phi) is 8.37. The highest BCUT2D eigenvalue weighted by Gasteiger charge is 2.52. The minimum Gasteiger partial charge on any atom is -0.479 e. The van der Waals surface area contributed by atoms with Gasteiger partial charge in [-0.15, -0.1) is 0 Å². The van der Waals surface area contributed by atoms with Gasteiger partial charge < -0.3 is 69.3 Å². The number of hydrogen-bond acceptors (Lipinski definition) is 14. The molecule has 8 N–H and O–H groups in total. The van der Waals surface area contributed by atoms with E-state index in [9.17, 15) is 45.6 Å². The molecule has 3 rings (SSSR count). The lowest BCUT2D eigenvalue weighted by Crippen LogP contribution is -2.64. The van der Waals surface area contributed by atoms with Gasteiger partial charge in [0.15, 0.2) is 25.0 Å². The van der Waals surface area contributed by atoms with Gasteiger partial charge in [0.25, 0.3) is 0 Å². The topological polar surface area (TPSA) is 234 Å². The molecule has 0 aromatic rings. The van der Waals surface area contributed by atoms with E-state index in [4.69, 9.17) is 28.4 Å². The molecular formula is C17H28O15. The summed E-state index contributed by atoms with van der Waals surface area (Å²) in [5.41, 5.74) is 0. The van der Waals surface area contributed by atoms with Gasteiger partial charge in [-0.05, 0) is 0 Å². The Bertz CT molecular complexity index is 635. The smallest absolute Gasteiger partial charge is 0.335 e. The van der Waals surface area contributed by atoms with Crippen LogP contribution >= 0.6 is 0 Å². The number of methoxy groups -OCH3 is 1. The fourth-order valence-corrected chi connectivity index (χ4v) is 3.67. The van der Waals surface area contributed by atoms with Gasteiger partial charge in [0.05, 0.1) is 13.2 Å². The van der Waals surface area contributed by atoms with Gasteiger partial charge in [-0.1, -0.05) is 0 Å². The van der Waals surface area contributed by atoms with Gasteiger partial charge in [-0.2, -0.15) is 0 Å². The summed E-state index contributed by atoms with van der Waals surface area (Å²) in [6.45, 7) is -0.788. The molecule has 3 aliphatic heterocycles. The first-order valence-corrected chi connectivity index (χ1v) is 9.78. The van der Waals surface area contributed by atoms with Crippen LogP contribution in [-0.2, 0) is 33.2 Å². The molecule has 3 aliphatic rings. The highest BCUT2D eigenvalue weighted by Crippen LogP contribution is 2.30. The molecule has 0 radical (unpaired) electrons. The van der Waals surface area contributed by atoms with Crippen molar-refractivity contribution in [1.82, 2.24) is 0 Å². The van der Waals surface area contributed by atoms with E-state index in [-0.39, 0.29) is 6.61 Å². The lowest BCUT2D eigenvalue weighted by Gasteiger charge is -2.45. The maximum Gasteiger partial charge on any atom is 0.335 e. The van der Waals surface area contributed by atoms with Crippen molar-refractivity contribution >= 4 is 5.97 Å². The van der Waals surface area contributed by atoms with E-state index >= 15 is 0 Å². The van der Waals surface area contributed by atoms with Crippen molar-refractivity contribution in [3.05, 3.63) is 0 Å². The molecule has 13 atom stereocenters. The van der Waals surface area contributed by atoms with E-state index in [2.05, 4.69) is 0 Å². The molecule has 0 aromatic heterocycles. The normalized spacial score (nSPS) is 50.2. The average Bonchev–Trinajstić information content (AvgIpc) is 2.76. The average molecular weight is 472 g/mol. The second kappa shape index (κ2) is 10.5. The first-order chi connectivity index (χ1) is 15.1. The zero-order chi connectivity index (χ0) is 23.7. The number of hydrogen-bond donors (Lipinski definition) is 8. The predicted octanol–water partition coefficient (Wildman–Crippen LogP) is -5.55. The Morgan fingerprint density at radius 1 is 0.781 bits per heavy atom. The quantitative estimate of drug-likeness (QED) is 0.180. The summed E-state index contributed by atoms with van der Waals surface area (Å²) in [7, 11) is 1.11. The van der Waals surface area contributed by atoms with E-state index in [1.807, 2.05) is 0 Å². The molecule has 3 fully saturated rings. The van der Waals surface area contributed by atoms with Gasteiger partial charge >= 0.3 is 5.97 Å². The number of aliphatic carboxylic acids is 1. The molecule has 0 spiro atoms. The molecule has 186 valence electrons. The highest BCUT2D eigenvalue weighted by atomic mass is 16.8. The summed E-state index contributed by atoms with van der Waals surface area (Å²) in [6, 6.07) is 0. The molecule has 0 unspecified atom stereocenters. The summed E-state index contributed by atoms with van der Waals surface area (Å²) in [4.78, 5) is 11.5. The van der Waals surface area contributed by atoms with Crippen molar-refractivity contribution in [2.45, 2.75) is 79.9 Å². The molecule has 32 heavy (non-hydrogen) atoms. The number of carbonyl (C=O) groups is 1. The molecule has 0 aromatic carbocycles. The summed E-state index contributed by atoms with van der Waals surface area (Å²) in [5, 5.41) is 79.5. The Balaban J connectivity index is 1.75. The first kappa shape index (κ1) is 25.6. The number of carboxylic acid groups (broad SMARTS) is 1. The largest absolute Gasteiger partial charge is 0.479 e. The van der Waals surface area contributed by atoms with E-state index < -0.39 is 92.5 Å². The van der Waals surface area contributed by atoms with Crippen LogP contribution in [0.25, 0.3) is 0 Å². The van der Waals surface area contributed by atoms with Gasteiger partial charge in [0.2, 0.25) is 0 Å². The molecular weight excluding hydrogens is 444 g/mol. The fourth-order valence-electron chi connectivity index (χ4n) is 3.67. The second-order valence-corrected chi connectivity index (χ2v) is 7.68. The first-order valence-electron chi connectivity index (χ1n) is 9.78. The Morgan fingerprint density at radius 3 is 2.09 bits per heavy atom. The molecule has 0 aliphatic carbocycles. The Morgan fingerprint density at radius 2 is 1.47 bits per heavy atom. The zero-order valence-corrected chi connectivity index (χ0v) is 16.9. The molecule has 0 saturated carbocycles. The molecule has 3 saturated heterocycles. The second-order valence-electron chi connectivity index (χ2n) is 7.68. The van der Waals surface area contributed by atoms with Crippen molar-refractivity contribution < 1.29 is 74.1 Å². The number of rotatable bonds is 6. The lowest BCUT2D eigenvalue weighted by atomic mass is 9.98. The van der Waals surface area contributed by atoms with Crippen LogP contribution in [0.5, 0.6) is 0 Å². The van der Waals surface area contributed by atoms with Gasteiger partial charge in [-0.3, -0.25) is 0 Å². The van der Waals surface area contributed by atoms with Crippen LogP contribution in [0.1, 0.15) is 0 Å². The summed E-state index contributed by atoms with van der Waals surface area (Å²) in [5.74, 6) is -1.51. The van der Waals surface area contributed by atoms with Crippen LogP contribution in [-0.4, -0.2) is 147 Å². The molecule has 15 nitrogen and oxygen atoms in total. The monoisotopic (exact) mass is 472 g/mol. The number of aliphatic hydroxyl groups excluding tert-OH is 7. The van der Waals surface area contributed by atoms with Crippen molar-refractivity contribution in [1.29, 1.82) is 0 Å². The maximum atomic E-state index is 11.5. The molecule has 0 amide bonds. The van der Waals surface area contributed by atoms with Crippen LogP contribution < -0.4 is 0 Å². The molecule has 3 heterocycles. The van der Waals surface area contributed by atoms with Crippen LogP contribution in [0.15, 0.2) is 0 Å². The third-order valence-electron chi connectivity index (χ3n) is 5.54. The summed E-state index contributed by atoms with van der Waals surface area (Å²) >= 11 is 0. The van der Waals surface area contributed by atoms with Gasteiger partial charge in [0, 0.05) is 7.11 Å². The van der Waals surface area contributed by atoms with E-state index in [1.165, 1.54) is 0 Å². The number of aliphatic hydroxyl groups is 7. The number of ether oxygens (including phenoxy) is 6. The van der Waals surface area contributed by atoms with Crippen molar-refractivity contribution in [2.75, 3.05) is 20.3 Å². The van der Waals surface area contributed by atoms with Gasteiger partial charge in [-0.25, -0.2) is 4.79 Å². The van der Waals surface area contributed by atoms with E-state index in [1.54, 1.807) is 0 Å². The Hall–Kier alpha value is -1.05. The Labute approximate surface area is 181 Å². The zero-order valence-electron chi connectivity index (χ0n) is 16.9. The van der Waals surface area contributed by atoms with Crippen molar-refractivity contribution in [3.63, 3.8) is 0 Å². The number of carboxylic acids is 1. The van der Waals surface area contributed by atoms with Crippen LogP contribution in [0.2, 0.25) is 0 Å². The highest BCUT2D eigenvalue weighted by molar-refractivity contribution is 5.73. The summed E-state index contributed by atoms with van der Waals surface area (Å²) in [6.07, 6.45) is -21.0. The van der Waals surface area contributed by atoms with Crippen molar-refractivity contribution in [2.24, 2.45) is 0 Å². The standard InChI is InChI=1S/C17H28O15/c1-27-11-8(21)10(23)16(32-13(11)14(24)25)31-12-6(19)4(18)2-29-17(12)30-5-3-28-15(26)9(22)7(5)20/h4-13,15-23,26H,2-3H2,1H3,(H,24,25)/t4-,5-,6+,7+,8-,9-,10-,11+,12-,13+,15-,16-,17+/m1/s1. The maximum absolute atomic E-state index is 11.5. The van der Waals surface area contributed by atoms with Crippen LogP contribution in [0, 0.1) is 0 Å². The van der Waals surface area contributed by atoms with E-state index in [0.29, 0.717) is 0 Å². The third kappa shape index (κ3) is 5.05. The third-order valence-corrected chi connectivity index (χ3v) is 5.54. The lowest BCUT2D eigenvalue weighted by molar-refractivity contribution is -0.368.